The van der Waals surface area contributed by atoms with Crippen LogP contribution in [0.4, 0.5) is 5.69 Å². The quantitative estimate of drug-likeness (QED) is 0.328. The van der Waals surface area contributed by atoms with Crippen LogP contribution in [0.25, 0.3) is 0 Å². The molecule has 1 heterocycles. The third-order valence-electron chi connectivity index (χ3n) is 0.957. The summed E-state index contributed by atoms with van der Waals surface area (Å²) in [6, 6.07) is 1.31. The van der Waals surface area contributed by atoms with Crippen LogP contribution < -0.4 is 4.89 Å². The Hall–Kier alpha value is -0.790. The summed E-state index contributed by atoms with van der Waals surface area (Å²) in [5, 5.41) is 12.0. The van der Waals surface area contributed by atoms with Gasteiger partial charge in [0.2, 0.25) is 5.06 Å². The lowest BCUT2D eigenvalue weighted by molar-refractivity contribution is -0.384. The van der Waals surface area contributed by atoms with E-state index in [9.17, 15) is 10.1 Å². The largest absolute Gasteiger partial charge is 0.314 e. The summed E-state index contributed by atoms with van der Waals surface area (Å²) in [7, 11) is 0. The maximum Gasteiger partial charge on any atom is 0.284 e. The average Bonchev–Trinajstić information content (AvgIpc) is 2.48. The number of hydrogen-bond donors (Lipinski definition) is 0. The third-order valence-corrected chi connectivity index (χ3v) is 1.94. The van der Waals surface area contributed by atoms with Crippen LogP contribution in [-0.2, 0) is 4.33 Å². The van der Waals surface area contributed by atoms with E-state index < -0.39 is 4.92 Å². The lowest BCUT2D eigenvalue weighted by Crippen LogP contribution is -1.85. The molecule has 0 radical (unpaired) electrons. The van der Waals surface area contributed by atoms with Crippen molar-refractivity contribution in [1.29, 1.82) is 0 Å². The molecule has 12 heavy (non-hydrogen) atoms. The monoisotopic (exact) mass is 207 g/mol. The zero-order chi connectivity index (χ0) is 8.97. The van der Waals surface area contributed by atoms with Gasteiger partial charge in [0.15, 0.2) is 0 Å². The maximum atomic E-state index is 10.2. The highest BCUT2D eigenvalue weighted by Crippen LogP contribution is 2.28. The Morgan fingerprint density at radius 1 is 1.75 bits per heavy atom. The van der Waals surface area contributed by atoms with Gasteiger partial charge in [-0.2, -0.15) is 0 Å². The van der Waals surface area contributed by atoms with E-state index in [0.717, 1.165) is 23.4 Å². The van der Waals surface area contributed by atoms with Crippen molar-refractivity contribution in [3.8, 4) is 5.06 Å². The minimum Gasteiger partial charge on any atom is -0.314 e. The molecule has 0 atom stereocenters. The smallest absolute Gasteiger partial charge is 0.284 e. The van der Waals surface area contributed by atoms with Gasteiger partial charge in [-0.3, -0.25) is 10.1 Å². The second-order valence-electron chi connectivity index (χ2n) is 1.70. The van der Waals surface area contributed by atoms with Crippen molar-refractivity contribution >= 4 is 29.1 Å². The minimum atomic E-state index is -0.484. The molecule has 0 spiro atoms. The van der Waals surface area contributed by atoms with Crippen LogP contribution in [0.1, 0.15) is 0 Å². The van der Waals surface area contributed by atoms with Gasteiger partial charge in [0.1, 0.15) is 0 Å². The first-order valence-corrected chi connectivity index (χ1v) is 4.87. The van der Waals surface area contributed by atoms with Gasteiger partial charge in [-0.15, -0.1) is 4.33 Å². The fourth-order valence-corrected chi connectivity index (χ4v) is 1.35. The van der Waals surface area contributed by atoms with Crippen LogP contribution in [0.3, 0.4) is 0 Å². The van der Waals surface area contributed by atoms with Gasteiger partial charge < -0.3 is 4.89 Å². The molecule has 1 aromatic rings. The maximum absolute atomic E-state index is 10.2. The molecule has 5 nitrogen and oxygen atoms in total. The first-order chi connectivity index (χ1) is 5.74. The summed E-state index contributed by atoms with van der Waals surface area (Å²) in [6.07, 6.45) is 1.68. The Kier molecular flexibility index (Phi) is 3.32. The number of hydrogen-bond acceptors (Lipinski definition) is 6. The summed E-state index contributed by atoms with van der Waals surface area (Å²) in [4.78, 5) is 14.4. The van der Waals surface area contributed by atoms with Crippen LogP contribution in [0, 0.1) is 10.1 Å². The number of thiophene rings is 1. The summed E-state index contributed by atoms with van der Waals surface area (Å²) in [5.41, 5.74) is 0.0136. The van der Waals surface area contributed by atoms with Gasteiger partial charge >= 0.3 is 0 Å². The molecule has 0 aliphatic heterocycles. The molecule has 1 rings (SSSR count). The van der Waals surface area contributed by atoms with E-state index >= 15 is 0 Å². The predicted octanol–water partition coefficient (Wildman–Crippen LogP) is 2.24. The summed E-state index contributed by atoms with van der Waals surface area (Å²) in [6.45, 7) is 0. The van der Waals surface area contributed by atoms with Gasteiger partial charge in [0.05, 0.1) is 16.4 Å². The zero-order valence-electron chi connectivity index (χ0n) is 6.05. The average molecular weight is 207 g/mol. The van der Waals surface area contributed by atoms with Gasteiger partial charge in [-0.05, 0) is 0 Å². The molecule has 0 aliphatic carbocycles. The van der Waals surface area contributed by atoms with Gasteiger partial charge in [-0.1, -0.05) is 11.3 Å². The van der Waals surface area contributed by atoms with Crippen LogP contribution >= 0.6 is 23.4 Å². The summed E-state index contributed by atoms with van der Waals surface area (Å²) in [5.74, 6) is 0. The Morgan fingerprint density at radius 3 is 3.00 bits per heavy atom. The molecule has 0 unspecified atom stereocenters. The molecule has 0 fully saturated rings. The molecule has 0 N–H and O–H groups in total. The number of nitrogens with zero attached hydrogens (tertiary/aromatic N) is 1. The van der Waals surface area contributed by atoms with E-state index in [-0.39, 0.29) is 5.69 Å². The van der Waals surface area contributed by atoms with Gasteiger partial charge in [-0.25, -0.2) is 0 Å². The Labute approximate surface area is 76.6 Å². The van der Waals surface area contributed by atoms with E-state index in [4.69, 9.17) is 0 Å². The Morgan fingerprint density at radius 2 is 2.50 bits per heavy atom. The van der Waals surface area contributed by atoms with E-state index in [1.165, 1.54) is 11.4 Å². The Bertz CT molecular complexity index is 274. The molecule has 7 heteroatoms. The topological polar surface area (TPSA) is 61.6 Å². The van der Waals surface area contributed by atoms with E-state index in [0.29, 0.717) is 5.06 Å². The molecule has 0 saturated carbocycles. The van der Waals surface area contributed by atoms with Crippen molar-refractivity contribution in [2.24, 2.45) is 0 Å². The molecule has 66 valence electrons. The van der Waals surface area contributed by atoms with Gasteiger partial charge in [0, 0.05) is 18.3 Å². The number of nitro groups is 1. The SMILES string of the molecule is CSOOc1cc([N+](=O)[O-])cs1. The normalized spacial score (nSPS) is 9.75. The van der Waals surface area contributed by atoms with Crippen LogP contribution in [0.2, 0.25) is 0 Å². The van der Waals surface area contributed by atoms with Gasteiger partial charge in [0.25, 0.3) is 5.69 Å². The molecule has 0 bridgehead atoms. The van der Waals surface area contributed by atoms with Crippen molar-refractivity contribution in [3.63, 3.8) is 0 Å². The van der Waals surface area contributed by atoms with E-state index in [1.807, 2.05) is 0 Å². The van der Waals surface area contributed by atoms with E-state index in [2.05, 4.69) is 9.22 Å². The first-order valence-electron chi connectivity index (χ1n) is 2.84. The molecule has 0 saturated heterocycles. The fourth-order valence-electron chi connectivity index (χ4n) is 0.514. The lowest BCUT2D eigenvalue weighted by Gasteiger charge is -1.93. The molecule has 0 amide bonds. The van der Waals surface area contributed by atoms with Crippen molar-refractivity contribution in [2.75, 3.05) is 6.26 Å². The second kappa shape index (κ2) is 4.29. The third kappa shape index (κ3) is 2.36. The highest BCUT2D eigenvalue weighted by molar-refractivity contribution is 7.93. The first kappa shape index (κ1) is 9.30. The highest BCUT2D eigenvalue weighted by Gasteiger charge is 2.10. The molecular formula is C5H5NO4S2. The molecule has 0 aromatic carbocycles. The standard InChI is InChI=1S/C5H5NO4S2/c1-11-10-9-5-2-4(3-12-5)6(7)8/h2-3H,1H3. The van der Waals surface area contributed by atoms with Crippen molar-refractivity contribution in [1.82, 2.24) is 0 Å². The Balaban J connectivity index is 2.58. The van der Waals surface area contributed by atoms with Crippen LogP contribution in [-0.4, -0.2) is 11.2 Å². The predicted molar refractivity (Wildman–Crippen MR) is 46.2 cm³/mol. The zero-order valence-corrected chi connectivity index (χ0v) is 7.68. The molecule has 1 aromatic heterocycles. The lowest BCUT2D eigenvalue weighted by atomic mass is 10.5. The summed E-state index contributed by atoms with van der Waals surface area (Å²) >= 11 is 2.14. The summed E-state index contributed by atoms with van der Waals surface area (Å²) < 4.78 is 4.52. The second-order valence-corrected chi connectivity index (χ2v) is 3.04. The fraction of sp³-hybridized carbons (Fsp3) is 0.200. The molecule has 0 aliphatic rings. The highest BCUT2D eigenvalue weighted by atomic mass is 32.2. The molecular weight excluding hydrogens is 202 g/mol. The van der Waals surface area contributed by atoms with E-state index in [1.54, 1.807) is 6.26 Å². The van der Waals surface area contributed by atoms with Crippen molar-refractivity contribution < 1.29 is 14.1 Å². The van der Waals surface area contributed by atoms with Crippen molar-refractivity contribution in [2.45, 2.75) is 0 Å². The van der Waals surface area contributed by atoms with Crippen LogP contribution in [0.15, 0.2) is 11.4 Å². The minimum absolute atomic E-state index is 0.0136. The van der Waals surface area contributed by atoms with Crippen molar-refractivity contribution in [3.05, 3.63) is 21.6 Å². The van der Waals surface area contributed by atoms with Crippen LogP contribution in [0.5, 0.6) is 5.06 Å². The number of rotatable bonds is 4.